The molecule has 1 saturated heterocycles. The van der Waals surface area contributed by atoms with Crippen molar-refractivity contribution >= 4 is 34.9 Å². The molecule has 8 nitrogen and oxygen atoms in total. The molecule has 0 spiro atoms. The number of likely N-dealkylation sites (tertiary alicyclic amines) is 1. The van der Waals surface area contributed by atoms with E-state index >= 15 is 0 Å². The van der Waals surface area contributed by atoms with Crippen molar-refractivity contribution in [3.05, 3.63) is 45.7 Å². The molecule has 2 heterocycles. The molecule has 0 aliphatic carbocycles. The van der Waals surface area contributed by atoms with E-state index in [0.717, 1.165) is 19.6 Å². The van der Waals surface area contributed by atoms with Crippen LogP contribution in [0.1, 0.15) is 28.8 Å². The van der Waals surface area contributed by atoms with Gasteiger partial charge in [-0.25, -0.2) is 0 Å². The predicted octanol–water partition coefficient (Wildman–Crippen LogP) is 3.42. The zero-order valence-corrected chi connectivity index (χ0v) is 20.2. The maximum atomic E-state index is 13.2. The van der Waals surface area contributed by atoms with Crippen molar-refractivity contribution in [2.24, 2.45) is 0 Å². The standard InChI is InChI=1S/C23H27Cl2N3O5/c1-31-20-6-5-15(19(29)11-16-17(24)12-26-13-18(16)25)22(23(20)32-2)33-14-21(30)27-7-10-28-8-3-4-9-28/h5-6,12-13H,3-4,7-11,14H2,1-2H3,(H,27,30). The van der Waals surface area contributed by atoms with Crippen LogP contribution < -0.4 is 19.5 Å². The monoisotopic (exact) mass is 495 g/mol. The third-order valence-electron chi connectivity index (χ3n) is 5.39. The van der Waals surface area contributed by atoms with Crippen molar-refractivity contribution in [1.82, 2.24) is 15.2 Å². The van der Waals surface area contributed by atoms with E-state index in [1.807, 2.05) is 0 Å². The minimum atomic E-state index is -0.310. The van der Waals surface area contributed by atoms with Crippen molar-refractivity contribution in [3.63, 3.8) is 0 Å². The number of Topliss-reactive ketones (excluding diaryl/α,β-unsaturated/α-hetero) is 1. The maximum absolute atomic E-state index is 13.2. The molecular formula is C23H27Cl2N3O5. The van der Waals surface area contributed by atoms with Crippen LogP contribution in [0, 0.1) is 0 Å². The summed E-state index contributed by atoms with van der Waals surface area (Å²) in [6.45, 7) is 3.17. The molecule has 3 rings (SSSR count). The molecule has 10 heteroatoms. The van der Waals surface area contributed by atoms with Crippen LogP contribution in [0.2, 0.25) is 10.0 Å². The Labute approximate surface area is 203 Å². The fourth-order valence-electron chi connectivity index (χ4n) is 3.67. The number of methoxy groups -OCH3 is 2. The van der Waals surface area contributed by atoms with Gasteiger partial charge in [-0.15, -0.1) is 0 Å². The van der Waals surface area contributed by atoms with Gasteiger partial charge in [-0.3, -0.25) is 14.6 Å². The van der Waals surface area contributed by atoms with Crippen LogP contribution in [0.15, 0.2) is 24.5 Å². The highest BCUT2D eigenvalue weighted by atomic mass is 35.5. The van der Waals surface area contributed by atoms with Gasteiger partial charge >= 0.3 is 0 Å². The number of benzene rings is 1. The quantitative estimate of drug-likeness (QED) is 0.477. The van der Waals surface area contributed by atoms with Crippen LogP contribution in [0.25, 0.3) is 0 Å². The fourth-order valence-corrected chi connectivity index (χ4v) is 4.17. The number of amides is 1. The van der Waals surface area contributed by atoms with Gasteiger partial charge in [0.2, 0.25) is 5.75 Å². The molecule has 0 saturated carbocycles. The number of halogens is 2. The Bertz CT molecular complexity index is 976. The topological polar surface area (TPSA) is 90.0 Å². The molecule has 1 N–H and O–H groups in total. The summed E-state index contributed by atoms with van der Waals surface area (Å²) in [4.78, 5) is 31.7. The Kier molecular flexibility index (Phi) is 9.17. The first-order chi connectivity index (χ1) is 15.9. The van der Waals surface area contributed by atoms with Gasteiger partial charge in [0.15, 0.2) is 23.9 Å². The van der Waals surface area contributed by atoms with Crippen molar-refractivity contribution < 1.29 is 23.8 Å². The Morgan fingerprint density at radius 2 is 1.76 bits per heavy atom. The SMILES string of the molecule is COc1ccc(C(=O)Cc2c(Cl)cncc2Cl)c(OCC(=O)NCCN2CCCC2)c1OC. The van der Waals surface area contributed by atoms with E-state index in [2.05, 4.69) is 15.2 Å². The summed E-state index contributed by atoms with van der Waals surface area (Å²) in [5.41, 5.74) is 0.681. The van der Waals surface area contributed by atoms with Gasteiger partial charge in [-0.2, -0.15) is 0 Å². The van der Waals surface area contributed by atoms with Gasteiger partial charge in [0, 0.05) is 37.5 Å². The number of nitrogens with one attached hydrogen (secondary N) is 1. The van der Waals surface area contributed by atoms with Gasteiger partial charge in [0.25, 0.3) is 5.91 Å². The summed E-state index contributed by atoms with van der Waals surface area (Å²) in [5.74, 6) is 0.115. The molecule has 1 fully saturated rings. The molecular weight excluding hydrogens is 469 g/mol. The zero-order chi connectivity index (χ0) is 23.8. The van der Waals surface area contributed by atoms with Gasteiger partial charge in [-0.1, -0.05) is 23.2 Å². The molecule has 1 aromatic carbocycles. The van der Waals surface area contributed by atoms with E-state index in [4.69, 9.17) is 37.4 Å². The minimum absolute atomic E-state index is 0.0753. The summed E-state index contributed by atoms with van der Waals surface area (Å²) in [6, 6.07) is 3.16. The second-order valence-corrected chi connectivity index (χ2v) is 8.36. The van der Waals surface area contributed by atoms with Gasteiger partial charge < -0.3 is 24.4 Å². The lowest BCUT2D eigenvalue weighted by Gasteiger charge is -2.18. The molecule has 1 aliphatic heterocycles. The highest BCUT2D eigenvalue weighted by molar-refractivity contribution is 6.36. The molecule has 0 radical (unpaired) electrons. The van der Waals surface area contributed by atoms with Gasteiger partial charge in [-0.05, 0) is 38.1 Å². The summed E-state index contributed by atoms with van der Waals surface area (Å²) >= 11 is 12.3. The average Bonchev–Trinajstić information content (AvgIpc) is 3.32. The molecule has 178 valence electrons. The third kappa shape index (κ3) is 6.50. The zero-order valence-electron chi connectivity index (χ0n) is 18.7. The third-order valence-corrected chi connectivity index (χ3v) is 6.04. The Hall–Kier alpha value is -2.55. The van der Waals surface area contributed by atoms with Crippen molar-refractivity contribution in [3.8, 4) is 17.2 Å². The number of ketones is 1. The Morgan fingerprint density at radius 3 is 2.39 bits per heavy atom. The summed E-state index contributed by atoms with van der Waals surface area (Å²) in [7, 11) is 2.91. The highest BCUT2D eigenvalue weighted by Crippen LogP contribution is 2.40. The lowest BCUT2D eigenvalue weighted by Crippen LogP contribution is -2.36. The van der Waals surface area contributed by atoms with Crippen molar-refractivity contribution in [2.45, 2.75) is 19.3 Å². The number of hydrogen-bond acceptors (Lipinski definition) is 7. The number of hydrogen-bond donors (Lipinski definition) is 1. The largest absolute Gasteiger partial charge is 0.493 e. The molecule has 2 aromatic rings. The molecule has 1 aliphatic rings. The molecule has 1 aromatic heterocycles. The van der Waals surface area contributed by atoms with E-state index in [-0.39, 0.29) is 51.8 Å². The van der Waals surface area contributed by atoms with E-state index in [1.165, 1.54) is 39.5 Å². The van der Waals surface area contributed by atoms with E-state index in [9.17, 15) is 9.59 Å². The lowest BCUT2D eigenvalue weighted by atomic mass is 10.0. The smallest absolute Gasteiger partial charge is 0.257 e. The second-order valence-electron chi connectivity index (χ2n) is 7.55. The van der Waals surface area contributed by atoms with E-state index in [0.29, 0.717) is 17.9 Å². The van der Waals surface area contributed by atoms with Crippen LogP contribution in [0.5, 0.6) is 17.2 Å². The normalized spacial score (nSPS) is 13.6. The fraction of sp³-hybridized carbons (Fsp3) is 0.435. The molecule has 0 bridgehead atoms. The summed E-state index contributed by atoms with van der Waals surface area (Å²) in [6.07, 6.45) is 5.16. The number of carbonyl (C=O) groups is 2. The molecule has 0 unspecified atom stereocenters. The number of rotatable bonds is 11. The predicted molar refractivity (Wildman–Crippen MR) is 126 cm³/mol. The minimum Gasteiger partial charge on any atom is -0.493 e. The Balaban J connectivity index is 1.74. The van der Waals surface area contributed by atoms with Gasteiger partial charge in [0.05, 0.1) is 29.8 Å². The second kappa shape index (κ2) is 12.1. The number of aromatic nitrogens is 1. The first-order valence-electron chi connectivity index (χ1n) is 10.6. The van der Waals surface area contributed by atoms with Crippen LogP contribution in [-0.4, -0.2) is 68.6 Å². The molecule has 1 amide bonds. The highest BCUT2D eigenvalue weighted by Gasteiger charge is 2.24. The van der Waals surface area contributed by atoms with Crippen LogP contribution >= 0.6 is 23.2 Å². The first-order valence-corrected chi connectivity index (χ1v) is 11.4. The number of carbonyl (C=O) groups excluding carboxylic acids is 2. The van der Waals surface area contributed by atoms with E-state index < -0.39 is 0 Å². The summed E-state index contributed by atoms with van der Waals surface area (Å²) in [5, 5.41) is 3.42. The van der Waals surface area contributed by atoms with Crippen molar-refractivity contribution in [2.75, 3.05) is 47.0 Å². The van der Waals surface area contributed by atoms with Crippen molar-refractivity contribution in [1.29, 1.82) is 0 Å². The molecule has 33 heavy (non-hydrogen) atoms. The number of ether oxygens (including phenoxy) is 3. The maximum Gasteiger partial charge on any atom is 0.257 e. The lowest BCUT2D eigenvalue weighted by molar-refractivity contribution is -0.123. The van der Waals surface area contributed by atoms with Crippen LogP contribution in [0.3, 0.4) is 0 Å². The van der Waals surface area contributed by atoms with Crippen LogP contribution in [0.4, 0.5) is 0 Å². The van der Waals surface area contributed by atoms with E-state index in [1.54, 1.807) is 12.1 Å². The average molecular weight is 496 g/mol. The van der Waals surface area contributed by atoms with Gasteiger partial charge in [0.1, 0.15) is 0 Å². The number of nitrogens with zero attached hydrogens (tertiary/aromatic N) is 2. The Morgan fingerprint density at radius 1 is 1.06 bits per heavy atom. The van der Waals surface area contributed by atoms with Crippen LogP contribution in [-0.2, 0) is 11.2 Å². The summed E-state index contributed by atoms with van der Waals surface area (Å²) < 4.78 is 16.5. The first kappa shape index (κ1) is 25.1. The molecule has 0 atom stereocenters. The number of pyridine rings is 1.